The molecule has 28 heavy (non-hydrogen) atoms. The van der Waals surface area contributed by atoms with Crippen LogP contribution in [0.4, 0.5) is 11.6 Å². The molecule has 0 spiro atoms. The molecule has 1 aliphatic rings. The fourth-order valence-corrected chi connectivity index (χ4v) is 3.34. The van der Waals surface area contributed by atoms with Crippen LogP contribution in [0.2, 0.25) is 0 Å². The third kappa shape index (κ3) is 3.16. The number of carboxylic acid groups (broad SMARTS) is 1. The van der Waals surface area contributed by atoms with Crippen molar-refractivity contribution in [2.45, 2.75) is 13.0 Å². The molecular weight excluding hydrogens is 358 g/mol. The van der Waals surface area contributed by atoms with Crippen molar-refractivity contribution in [3.63, 3.8) is 0 Å². The van der Waals surface area contributed by atoms with Crippen LogP contribution in [-0.4, -0.2) is 32.4 Å². The van der Waals surface area contributed by atoms with Crippen molar-refractivity contribution in [2.75, 3.05) is 5.32 Å². The Balaban J connectivity index is 1.74. The third-order valence-electron chi connectivity index (χ3n) is 4.67. The predicted octanol–water partition coefficient (Wildman–Crippen LogP) is 1.59. The van der Waals surface area contributed by atoms with Crippen molar-refractivity contribution < 1.29 is 14.7 Å². The van der Waals surface area contributed by atoms with E-state index in [4.69, 9.17) is 0 Å². The minimum absolute atomic E-state index is 0.0639. The van der Waals surface area contributed by atoms with Gasteiger partial charge in [0.15, 0.2) is 0 Å². The number of nitrogens with one attached hydrogen (secondary N) is 1. The van der Waals surface area contributed by atoms with E-state index in [1.807, 2.05) is 18.2 Å². The first kappa shape index (κ1) is 17.6. The molecule has 0 saturated heterocycles. The molecule has 0 saturated carbocycles. The van der Waals surface area contributed by atoms with Gasteiger partial charge in [-0.1, -0.05) is 42.5 Å². The van der Waals surface area contributed by atoms with E-state index in [0.717, 1.165) is 5.56 Å². The highest BCUT2D eigenvalue weighted by atomic mass is 16.4. The van der Waals surface area contributed by atoms with Gasteiger partial charge in [-0.2, -0.15) is 10.1 Å². The van der Waals surface area contributed by atoms with Crippen LogP contribution in [0.15, 0.2) is 65.9 Å². The van der Waals surface area contributed by atoms with E-state index in [9.17, 15) is 14.7 Å². The summed E-state index contributed by atoms with van der Waals surface area (Å²) in [4.78, 5) is 32.7. The average molecular weight is 374 g/mol. The van der Waals surface area contributed by atoms with Gasteiger partial charge in [-0.15, -0.1) is 0 Å². The number of hydrogen-bond donors (Lipinski definition) is 1. The van der Waals surface area contributed by atoms with E-state index in [1.165, 1.54) is 18.5 Å². The van der Waals surface area contributed by atoms with E-state index in [2.05, 4.69) is 20.4 Å². The average Bonchev–Trinajstić information content (AvgIpc) is 3.15. The second-order valence-electron chi connectivity index (χ2n) is 6.45. The molecule has 1 N–H and O–H groups in total. The lowest BCUT2D eigenvalue weighted by Gasteiger charge is -2.30. The van der Waals surface area contributed by atoms with Crippen LogP contribution in [0.3, 0.4) is 0 Å². The summed E-state index contributed by atoms with van der Waals surface area (Å²) in [5.74, 6) is -1.73. The smallest absolute Gasteiger partial charge is 0.248 e. The zero-order valence-electron chi connectivity index (χ0n) is 14.9. The molecule has 3 aromatic rings. The number of aliphatic imine (C=N–C) groups is 1. The number of aromatic carboxylic acids is 1. The number of carboxylic acids is 1. The number of nitrogens with zero attached hydrogens (tertiary/aromatic N) is 4. The summed E-state index contributed by atoms with van der Waals surface area (Å²) in [7, 11) is 0. The summed E-state index contributed by atoms with van der Waals surface area (Å²) in [5, 5.41) is 18.2. The number of carbonyl (C=O) groups excluding carboxylic acids is 2. The van der Waals surface area contributed by atoms with E-state index < -0.39 is 17.9 Å². The Morgan fingerprint density at radius 2 is 1.79 bits per heavy atom. The molecule has 2 atom stereocenters. The first-order valence-corrected chi connectivity index (χ1v) is 8.66. The second-order valence-corrected chi connectivity index (χ2v) is 6.45. The summed E-state index contributed by atoms with van der Waals surface area (Å²) in [5.41, 5.74) is 2.06. The standard InChI is InChI=1S/C20H17N5O3/c1-12-16(18(26)24-15-5-3-2-4-6-15)17(25-20(23-12)21-11-22-25)13-7-9-14(10-8-13)19(27)28/h2-11,16-17H,1H3,(H,24,26)(H,27,28)/p-1. The molecule has 0 bridgehead atoms. The van der Waals surface area contributed by atoms with Crippen LogP contribution >= 0.6 is 0 Å². The maximum Gasteiger partial charge on any atom is 0.248 e. The highest BCUT2D eigenvalue weighted by Crippen LogP contribution is 2.35. The highest BCUT2D eigenvalue weighted by Gasteiger charge is 2.38. The first-order chi connectivity index (χ1) is 13.5. The first-order valence-electron chi connectivity index (χ1n) is 8.66. The van der Waals surface area contributed by atoms with E-state index in [1.54, 1.807) is 35.9 Å². The number of amides is 1. The van der Waals surface area contributed by atoms with Gasteiger partial charge in [-0.25, -0.2) is 9.67 Å². The van der Waals surface area contributed by atoms with E-state index in [0.29, 0.717) is 17.3 Å². The van der Waals surface area contributed by atoms with Gasteiger partial charge in [0.2, 0.25) is 11.9 Å². The van der Waals surface area contributed by atoms with Crippen LogP contribution in [0, 0.1) is 5.92 Å². The normalized spacial score (nSPS) is 18.1. The van der Waals surface area contributed by atoms with Crippen molar-refractivity contribution in [3.8, 4) is 0 Å². The summed E-state index contributed by atoms with van der Waals surface area (Å²) in [6.07, 6.45) is 1.38. The Morgan fingerprint density at radius 3 is 2.46 bits per heavy atom. The lowest BCUT2D eigenvalue weighted by atomic mass is 9.87. The molecule has 8 heteroatoms. The quantitative estimate of drug-likeness (QED) is 0.745. The maximum atomic E-state index is 13.1. The Kier molecular flexibility index (Phi) is 4.44. The van der Waals surface area contributed by atoms with Crippen molar-refractivity contribution >= 4 is 29.2 Å². The largest absolute Gasteiger partial charge is 0.545 e. The highest BCUT2D eigenvalue weighted by molar-refractivity contribution is 6.10. The van der Waals surface area contributed by atoms with Gasteiger partial charge in [-0.05, 0) is 30.2 Å². The molecule has 8 nitrogen and oxygen atoms in total. The molecule has 1 aliphatic heterocycles. The number of para-hydroxylation sites is 1. The number of aromatic nitrogens is 3. The van der Waals surface area contributed by atoms with Gasteiger partial charge in [0.05, 0.1) is 12.0 Å². The lowest BCUT2D eigenvalue weighted by Crippen LogP contribution is -2.39. The van der Waals surface area contributed by atoms with Crippen LogP contribution in [-0.2, 0) is 4.79 Å². The van der Waals surface area contributed by atoms with E-state index >= 15 is 0 Å². The molecular formula is C20H16N5O3-. The Bertz CT molecular complexity index is 1060. The number of rotatable bonds is 4. The lowest BCUT2D eigenvalue weighted by molar-refractivity contribution is -0.255. The summed E-state index contributed by atoms with van der Waals surface area (Å²) in [6, 6.07) is 14.9. The van der Waals surface area contributed by atoms with Crippen LogP contribution < -0.4 is 10.4 Å². The molecule has 0 fully saturated rings. The summed E-state index contributed by atoms with van der Waals surface area (Å²) < 4.78 is 1.58. The van der Waals surface area contributed by atoms with Crippen molar-refractivity contribution in [1.29, 1.82) is 0 Å². The SMILES string of the molecule is CC1=Nc2ncnn2C(c2ccc(C(=O)[O-])cc2)C1C(=O)Nc1ccccc1. The molecule has 2 unspecified atom stereocenters. The van der Waals surface area contributed by atoms with Gasteiger partial charge in [0, 0.05) is 11.4 Å². The fraction of sp³-hybridized carbons (Fsp3) is 0.150. The van der Waals surface area contributed by atoms with Crippen LogP contribution in [0.25, 0.3) is 0 Å². The molecule has 140 valence electrons. The molecule has 0 radical (unpaired) electrons. The van der Waals surface area contributed by atoms with Crippen LogP contribution in [0.1, 0.15) is 28.9 Å². The number of fused-ring (bicyclic) bond motifs is 1. The number of carbonyl (C=O) groups is 2. The minimum atomic E-state index is -1.26. The molecule has 2 aromatic carbocycles. The number of anilines is 1. The van der Waals surface area contributed by atoms with Crippen molar-refractivity contribution in [1.82, 2.24) is 14.8 Å². The zero-order chi connectivity index (χ0) is 19.7. The molecule has 1 amide bonds. The monoisotopic (exact) mass is 374 g/mol. The fourth-order valence-electron chi connectivity index (χ4n) is 3.34. The Labute approximate surface area is 160 Å². The molecule has 0 aliphatic carbocycles. The predicted molar refractivity (Wildman–Crippen MR) is 100 cm³/mol. The molecule has 4 rings (SSSR count). The summed E-state index contributed by atoms with van der Waals surface area (Å²) >= 11 is 0. The molecule has 1 aromatic heterocycles. The van der Waals surface area contributed by atoms with Gasteiger partial charge in [-0.3, -0.25) is 4.79 Å². The van der Waals surface area contributed by atoms with Gasteiger partial charge < -0.3 is 15.2 Å². The second kappa shape index (κ2) is 7.07. The van der Waals surface area contributed by atoms with Gasteiger partial charge >= 0.3 is 0 Å². The minimum Gasteiger partial charge on any atom is -0.545 e. The topological polar surface area (TPSA) is 112 Å². The Hall–Kier alpha value is -3.81. The zero-order valence-corrected chi connectivity index (χ0v) is 14.9. The summed E-state index contributed by atoms with van der Waals surface area (Å²) in [6.45, 7) is 1.77. The maximum absolute atomic E-state index is 13.1. The number of benzene rings is 2. The van der Waals surface area contributed by atoms with E-state index in [-0.39, 0.29) is 11.5 Å². The number of hydrogen-bond acceptors (Lipinski definition) is 6. The van der Waals surface area contributed by atoms with Gasteiger partial charge in [0.25, 0.3) is 0 Å². The van der Waals surface area contributed by atoms with Gasteiger partial charge in [0.1, 0.15) is 12.2 Å². The van der Waals surface area contributed by atoms with Crippen molar-refractivity contribution in [3.05, 3.63) is 72.1 Å². The van der Waals surface area contributed by atoms with Crippen LogP contribution in [0.5, 0.6) is 0 Å². The molecule has 2 heterocycles. The third-order valence-corrected chi connectivity index (χ3v) is 4.67. The van der Waals surface area contributed by atoms with Crippen molar-refractivity contribution in [2.24, 2.45) is 10.9 Å². The Morgan fingerprint density at radius 1 is 1.07 bits per heavy atom.